The van der Waals surface area contributed by atoms with Crippen LogP contribution < -0.4 is 5.73 Å². The zero-order valence-corrected chi connectivity index (χ0v) is 13.6. The van der Waals surface area contributed by atoms with Gasteiger partial charge in [0.25, 0.3) is 0 Å². The molecule has 0 aromatic heterocycles. The van der Waals surface area contributed by atoms with Gasteiger partial charge in [0.2, 0.25) is 0 Å². The van der Waals surface area contributed by atoms with Crippen LogP contribution in [-0.2, 0) is 23.6 Å². The molecule has 1 aromatic rings. The van der Waals surface area contributed by atoms with Crippen molar-refractivity contribution in [3.63, 3.8) is 0 Å². The predicted molar refractivity (Wildman–Crippen MR) is 78.8 cm³/mol. The van der Waals surface area contributed by atoms with Gasteiger partial charge in [-0.25, -0.2) is 0 Å². The molecule has 0 saturated carbocycles. The normalized spacial score (nSPS) is 16.4. The molecule has 0 heterocycles. The largest absolute Gasteiger partial charge is 0.480 e. The van der Waals surface area contributed by atoms with Gasteiger partial charge in [0.1, 0.15) is 5.54 Å². The van der Waals surface area contributed by atoms with E-state index in [1.807, 2.05) is 0 Å². The molecule has 2 atom stereocenters. The smallest absolute Gasteiger partial charge is 0.417 e. The third kappa shape index (κ3) is 5.91. The molecule has 0 spiro atoms. The molecular formula is C16H19F6NO2. The lowest BCUT2D eigenvalue weighted by atomic mass is 9.87. The molecule has 1 rings (SSSR count). The molecule has 3 nitrogen and oxygen atoms in total. The van der Waals surface area contributed by atoms with Crippen molar-refractivity contribution >= 4 is 5.97 Å². The van der Waals surface area contributed by atoms with E-state index in [0.29, 0.717) is 18.6 Å². The molecule has 142 valence electrons. The molecule has 9 heteroatoms. The molecule has 0 fully saturated rings. The number of carbonyl (C=O) groups is 1. The maximum absolute atomic E-state index is 12.9. The molecule has 0 saturated heterocycles. The Labute approximate surface area is 140 Å². The highest BCUT2D eigenvalue weighted by molar-refractivity contribution is 5.77. The van der Waals surface area contributed by atoms with Gasteiger partial charge in [-0.05, 0) is 49.8 Å². The van der Waals surface area contributed by atoms with Crippen molar-refractivity contribution in [1.82, 2.24) is 0 Å². The number of nitrogens with two attached hydrogens (primary N) is 1. The van der Waals surface area contributed by atoms with E-state index in [1.54, 1.807) is 6.92 Å². The second-order valence-electron chi connectivity index (χ2n) is 6.45. The number of rotatable bonds is 6. The standard InChI is InChI=1S/C16H19F6NO2/c1-9(8-14(2,23)13(24)25)3-4-10-5-6-11(15(17,18)19)12(7-10)16(20,21)22/h5-7,9H,3-4,8,23H2,1-2H3,(H,24,25). The molecule has 3 N–H and O–H groups in total. The SMILES string of the molecule is CC(CCc1ccc(C(F)(F)F)c(C(F)(F)F)c1)CC(C)(N)C(=O)O. The van der Waals surface area contributed by atoms with Crippen molar-refractivity contribution in [2.24, 2.45) is 11.7 Å². The topological polar surface area (TPSA) is 63.3 Å². The molecule has 0 aliphatic heterocycles. The highest BCUT2D eigenvalue weighted by Crippen LogP contribution is 2.40. The molecule has 0 aliphatic carbocycles. The minimum atomic E-state index is -5.12. The Hall–Kier alpha value is -1.77. The predicted octanol–water partition coefficient (Wildman–Crippen LogP) is 4.49. The number of benzene rings is 1. The molecule has 0 amide bonds. The number of carboxylic acid groups (broad SMARTS) is 1. The Morgan fingerprint density at radius 2 is 1.64 bits per heavy atom. The van der Waals surface area contributed by atoms with Crippen LogP contribution in [0.3, 0.4) is 0 Å². The van der Waals surface area contributed by atoms with Gasteiger partial charge in [-0.1, -0.05) is 13.0 Å². The van der Waals surface area contributed by atoms with E-state index in [1.165, 1.54) is 6.92 Å². The molecule has 0 radical (unpaired) electrons. The summed E-state index contributed by atoms with van der Waals surface area (Å²) in [5.74, 6) is -1.43. The zero-order chi connectivity index (χ0) is 19.6. The lowest BCUT2D eigenvalue weighted by molar-refractivity contribution is -0.162. The van der Waals surface area contributed by atoms with E-state index in [9.17, 15) is 31.1 Å². The van der Waals surface area contributed by atoms with E-state index < -0.39 is 35.0 Å². The Morgan fingerprint density at radius 3 is 2.08 bits per heavy atom. The van der Waals surface area contributed by atoms with Crippen molar-refractivity contribution < 1.29 is 36.2 Å². The van der Waals surface area contributed by atoms with Crippen LogP contribution in [0.4, 0.5) is 26.3 Å². The van der Waals surface area contributed by atoms with Gasteiger partial charge in [-0.15, -0.1) is 0 Å². The Balaban J connectivity index is 2.93. The van der Waals surface area contributed by atoms with Gasteiger partial charge in [-0.3, -0.25) is 4.79 Å². The lowest BCUT2D eigenvalue weighted by Gasteiger charge is -2.23. The van der Waals surface area contributed by atoms with Crippen LogP contribution in [0.1, 0.15) is 43.4 Å². The quantitative estimate of drug-likeness (QED) is 0.725. The molecule has 25 heavy (non-hydrogen) atoms. The number of halogens is 6. The third-order valence-corrected chi connectivity index (χ3v) is 3.88. The van der Waals surface area contributed by atoms with E-state index in [4.69, 9.17) is 10.8 Å². The van der Waals surface area contributed by atoms with Crippen LogP contribution in [0.25, 0.3) is 0 Å². The van der Waals surface area contributed by atoms with Gasteiger partial charge in [0.15, 0.2) is 0 Å². The van der Waals surface area contributed by atoms with E-state index in [-0.39, 0.29) is 24.3 Å². The van der Waals surface area contributed by atoms with E-state index in [0.717, 1.165) is 6.07 Å². The minimum Gasteiger partial charge on any atom is -0.480 e. The van der Waals surface area contributed by atoms with Crippen molar-refractivity contribution in [2.45, 2.75) is 51.0 Å². The van der Waals surface area contributed by atoms with Gasteiger partial charge in [0, 0.05) is 0 Å². The van der Waals surface area contributed by atoms with Crippen molar-refractivity contribution in [1.29, 1.82) is 0 Å². The number of aryl methyl sites for hydroxylation is 1. The maximum Gasteiger partial charge on any atom is 0.417 e. The van der Waals surface area contributed by atoms with Crippen LogP contribution in [0.2, 0.25) is 0 Å². The number of aliphatic carboxylic acids is 1. The summed E-state index contributed by atoms with van der Waals surface area (Å²) < 4.78 is 76.8. The van der Waals surface area contributed by atoms with Crippen molar-refractivity contribution in [3.8, 4) is 0 Å². The first-order chi connectivity index (χ1) is 11.1. The number of carboxylic acids is 1. The molecular weight excluding hydrogens is 352 g/mol. The highest BCUT2D eigenvalue weighted by Gasteiger charge is 2.43. The van der Waals surface area contributed by atoms with Gasteiger partial charge in [0.05, 0.1) is 11.1 Å². The van der Waals surface area contributed by atoms with Crippen molar-refractivity contribution in [2.75, 3.05) is 0 Å². The zero-order valence-electron chi connectivity index (χ0n) is 13.6. The first-order valence-electron chi connectivity index (χ1n) is 7.44. The molecule has 0 bridgehead atoms. The Morgan fingerprint density at radius 1 is 1.12 bits per heavy atom. The summed E-state index contributed by atoms with van der Waals surface area (Å²) in [7, 11) is 0. The minimum absolute atomic E-state index is 0.0814. The van der Waals surface area contributed by atoms with Crippen LogP contribution >= 0.6 is 0 Å². The van der Waals surface area contributed by atoms with Crippen LogP contribution in [0.15, 0.2) is 18.2 Å². The second kappa shape index (κ2) is 7.23. The van der Waals surface area contributed by atoms with Crippen molar-refractivity contribution in [3.05, 3.63) is 34.9 Å². The number of alkyl halides is 6. The summed E-state index contributed by atoms with van der Waals surface area (Å²) in [6.07, 6.45) is -9.75. The first-order valence-corrected chi connectivity index (χ1v) is 7.44. The summed E-state index contributed by atoms with van der Waals surface area (Å²) in [6, 6.07) is 1.92. The lowest BCUT2D eigenvalue weighted by Crippen LogP contribution is -2.46. The van der Waals surface area contributed by atoms with Gasteiger partial charge < -0.3 is 10.8 Å². The third-order valence-electron chi connectivity index (χ3n) is 3.88. The monoisotopic (exact) mass is 371 g/mol. The number of hydrogen-bond donors (Lipinski definition) is 2. The highest BCUT2D eigenvalue weighted by atomic mass is 19.4. The fourth-order valence-corrected chi connectivity index (χ4v) is 2.55. The van der Waals surface area contributed by atoms with E-state index in [2.05, 4.69) is 0 Å². The van der Waals surface area contributed by atoms with Crippen LogP contribution in [0.5, 0.6) is 0 Å². The Kier molecular flexibility index (Phi) is 6.15. The van der Waals surface area contributed by atoms with Crippen LogP contribution in [-0.4, -0.2) is 16.6 Å². The Bertz CT molecular complexity index is 622. The second-order valence-corrected chi connectivity index (χ2v) is 6.45. The molecule has 0 aliphatic rings. The summed E-state index contributed by atoms with van der Waals surface area (Å²) in [5.41, 5.74) is 0.780. The molecule has 1 aromatic carbocycles. The first kappa shape index (κ1) is 21.3. The number of hydrogen-bond acceptors (Lipinski definition) is 2. The fourth-order valence-electron chi connectivity index (χ4n) is 2.55. The summed E-state index contributed by atoms with van der Waals surface area (Å²) in [5, 5.41) is 8.95. The maximum atomic E-state index is 12.9. The van der Waals surface area contributed by atoms with Crippen LogP contribution in [0, 0.1) is 5.92 Å². The van der Waals surface area contributed by atoms with E-state index >= 15 is 0 Å². The average Bonchev–Trinajstić information content (AvgIpc) is 2.42. The fraction of sp³-hybridized carbons (Fsp3) is 0.562. The van der Waals surface area contributed by atoms with Gasteiger partial charge in [-0.2, -0.15) is 26.3 Å². The summed E-state index contributed by atoms with van der Waals surface area (Å²) in [4.78, 5) is 11.0. The molecule has 2 unspecified atom stereocenters. The van der Waals surface area contributed by atoms with Gasteiger partial charge >= 0.3 is 18.3 Å². The average molecular weight is 371 g/mol. The summed E-state index contributed by atoms with van der Waals surface area (Å²) in [6.45, 7) is 3.01. The summed E-state index contributed by atoms with van der Waals surface area (Å²) >= 11 is 0.